The Bertz CT molecular complexity index is 1210. The van der Waals surface area contributed by atoms with Crippen molar-refractivity contribution in [2.24, 2.45) is 0 Å². The summed E-state index contributed by atoms with van der Waals surface area (Å²) in [6.07, 6.45) is 7.03. The Kier molecular flexibility index (Phi) is 5.23. The first kappa shape index (κ1) is 20.1. The predicted molar refractivity (Wildman–Crippen MR) is 117 cm³/mol. The van der Waals surface area contributed by atoms with Crippen molar-refractivity contribution in [1.82, 2.24) is 14.7 Å². The second kappa shape index (κ2) is 8.34. The molecule has 0 bridgehead atoms. The first-order valence-electron chi connectivity index (χ1n) is 10.5. The van der Waals surface area contributed by atoms with Crippen LogP contribution in [0.5, 0.6) is 5.75 Å². The van der Waals surface area contributed by atoms with Gasteiger partial charge in [-0.2, -0.15) is 5.10 Å². The lowest BCUT2D eigenvalue weighted by Gasteiger charge is -2.25. The van der Waals surface area contributed by atoms with Crippen LogP contribution in [0.1, 0.15) is 30.0 Å². The van der Waals surface area contributed by atoms with E-state index in [1.165, 1.54) is 12.1 Å². The normalized spacial score (nSPS) is 16.1. The van der Waals surface area contributed by atoms with E-state index in [0.717, 1.165) is 28.1 Å². The van der Waals surface area contributed by atoms with Crippen LogP contribution in [0.25, 0.3) is 16.9 Å². The van der Waals surface area contributed by atoms with E-state index in [4.69, 9.17) is 9.52 Å². The molecule has 4 aromatic rings. The SMILES string of the molecule is O=C1CC[C@H](c2cn(-c3ccc(F)cc3)nc2-c2ccoc2)N1CCc1ccc(O)cc1. The van der Waals surface area contributed by atoms with Crippen LogP contribution in [-0.2, 0) is 11.2 Å². The topological polar surface area (TPSA) is 71.5 Å². The number of aromatic hydroxyl groups is 1. The van der Waals surface area contributed by atoms with Gasteiger partial charge < -0.3 is 14.4 Å². The molecule has 2 aromatic heterocycles. The summed E-state index contributed by atoms with van der Waals surface area (Å²) in [7, 11) is 0. The van der Waals surface area contributed by atoms with E-state index in [9.17, 15) is 14.3 Å². The third-order valence-corrected chi connectivity index (χ3v) is 5.89. The summed E-state index contributed by atoms with van der Waals surface area (Å²) in [5, 5.41) is 14.3. The number of likely N-dealkylation sites (tertiary alicyclic amines) is 1. The summed E-state index contributed by atoms with van der Waals surface area (Å²) in [6.45, 7) is 0.570. The average Bonchev–Trinajstić information content (AvgIpc) is 3.53. The third-order valence-electron chi connectivity index (χ3n) is 5.89. The van der Waals surface area contributed by atoms with Gasteiger partial charge in [-0.05, 0) is 60.9 Å². The molecule has 0 aliphatic carbocycles. The largest absolute Gasteiger partial charge is 0.508 e. The summed E-state index contributed by atoms with van der Waals surface area (Å²) in [4.78, 5) is 14.6. The molecular weight excluding hydrogens is 409 g/mol. The number of rotatable bonds is 6. The molecular formula is C25H22FN3O3. The number of carbonyl (C=O) groups excluding carboxylic acids is 1. The number of carbonyl (C=O) groups is 1. The maximum Gasteiger partial charge on any atom is 0.223 e. The summed E-state index contributed by atoms with van der Waals surface area (Å²) < 4.78 is 20.4. The highest BCUT2D eigenvalue weighted by molar-refractivity contribution is 5.80. The van der Waals surface area contributed by atoms with Gasteiger partial charge in [-0.25, -0.2) is 9.07 Å². The van der Waals surface area contributed by atoms with Gasteiger partial charge in [-0.3, -0.25) is 4.79 Å². The lowest BCUT2D eigenvalue weighted by Crippen LogP contribution is -2.30. The lowest BCUT2D eigenvalue weighted by molar-refractivity contribution is -0.129. The molecule has 1 aliphatic heterocycles. The van der Waals surface area contributed by atoms with Crippen molar-refractivity contribution in [1.29, 1.82) is 0 Å². The fraction of sp³-hybridized carbons (Fsp3) is 0.200. The van der Waals surface area contributed by atoms with Crippen LogP contribution in [0.3, 0.4) is 0 Å². The fourth-order valence-corrected chi connectivity index (χ4v) is 4.23. The Labute approximate surface area is 184 Å². The van der Waals surface area contributed by atoms with Crippen molar-refractivity contribution in [3.8, 4) is 22.7 Å². The average molecular weight is 431 g/mol. The number of benzene rings is 2. The zero-order chi connectivity index (χ0) is 22.1. The van der Waals surface area contributed by atoms with Crippen LogP contribution in [0, 0.1) is 5.82 Å². The zero-order valence-electron chi connectivity index (χ0n) is 17.3. The van der Waals surface area contributed by atoms with Crippen molar-refractivity contribution < 1.29 is 18.7 Å². The summed E-state index contributed by atoms with van der Waals surface area (Å²) in [5.74, 6) is 0.0290. The minimum absolute atomic E-state index is 0.112. The molecule has 32 heavy (non-hydrogen) atoms. The predicted octanol–water partition coefficient (Wildman–Crippen LogP) is 4.88. The summed E-state index contributed by atoms with van der Waals surface area (Å²) >= 11 is 0. The van der Waals surface area contributed by atoms with Crippen LogP contribution in [0.2, 0.25) is 0 Å². The molecule has 1 N–H and O–H groups in total. The molecule has 1 atom stereocenters. The Morgan fingerprint density at radius 1 is 1.09 bits per heavy atom. The molecule has 0 unspecified atom stereocenters. The maximum absolute atomic E-state index is 13.4. The molecule has 3 heterocycles. The molecule has 1 amide bonds. The van der Waals surface area contributed by atoms with E-state index in [1.54, 1.807) is 41.5 Å². The first-order chi connectivity index (χ1) is 15.6. The number of hydrogen-bond acceptors (Lipinski definition) is 4. The van der Waals surface area contributed by atoms with Crippen LogP contribution in [-0.4, -0.2) is 32.2 Å². The van der Waals surface area contributed by atoms with Gasteiger partial charge in [0.25, 0.3) is 0 Å². The molecule has 1 fully saturated rings. The molecule has 7 heteroatoms. The molecule has 5 rings (SSSR count). The van der Waals surface area contributed by atoms with Gasteiger partial charge in [0.05, 0.1) is 24.3 Å². The molecule has 0 radical (unpaired) electrons. The molecule has 0 saturated carbocycles. The number of aromatic nitrogens is 2. The molecule has 1 saturated heterocycles. The Morgan fingerprint density at radius 2 is 1.88 bits per heavy atom. The molecule has 162 valence electrons. The minimum atomic E-state index is -0.307. The number of amides is 1. The highest BCUT2D eigenvalue weighted by Crippen LogP contribution is 2.38. The summed E-state index contributed by atoms with van der Waals surface area (Å²) in [6, 6.07) is 14.9. The quantitative estimate of drug-likeness (QED) is 0.472. The molecule has 2 aromatic carbocycles. The van der Waals surface area contributed by atoms with Crippen molar-refractivity contribution in [2.45, 2.75) is 25.3 Å². The zero-order valence-corrected chi connectivity index (χ0v) is 17.3. The van der Waals surface area contributed by atoms with Gasteiger partial charge in [0.2, 0.25) is 5.91 Å². The second-order valence-corrected chi connectivity index (χ2v) is 7.92. The highest BCUT2D eigenvalue weighted by Gasteiger charge is 2.35. The van der Waals surface area contributed by atoms with Crippen molar-refractivity contribution >= 4 is 5.91 Å². The first-order valence-corrected chi connectivity index (χ1v) is 10.5. The van der Waals surface area contributed by atoms with Gasteiger partial charge in [0.15, 0.2) is 0 Å². The van der Waals surface area contributed by atoms with Crippen LogP contribution >= 0.6 is 0 Å². The minimum Gasteiger partial charge on any atom is -0.508 e. The maximum atomic E-state index is 13.4. The third kappa shape index (κ3) is 3.89. The van der Waals surface area contributed by atoms with Gasteiger partial charge >= 0.3 is 0 Å². The number of hydrogen-bond donors (Lipinski definition) is 1. The van der Waals surface area contributed by atoms with Crippen molar-refractivity contribution in [2.75, 3.05) is 6.54 Å². The van der Waals surface area contributed by atoms with E-state index in [2.05, 4.69) is 0 Å². The van der Waals surface area contributed by atoms with E-state index in [1.807, 2.05) is 29.3 Å². The number of phenols is 1. The Morgan fingerprint density at radius 3 is 2.59 bits per heavy atom. The molecule has 6 nitrogen and oxygen atoms in total. The van der Waals surface area contributed by atoms with Crippen molar-refractivity contribution in [3.63, 3.8) is 0 Å². The lowest BCUT2D eigenvalue weighted by atomic mass is 10.0. The number of furan rings is 1. The monoisotopic (exact) mass is 431 g/mol. The van der Waals surface area contributed by atoms with Crippen molar-refractivity contribution in [3.05, 3.63) is 90.3 Å². The van der Waals surface area contributed by atoms with Gasteiger partial charge in [0.1, 0.15) is 17.3 Å². The standard InChI is InChI=1S/C25H22FN3O3/c26-19-3-5-20(6-4-19)29-15-22(25(27-29)18-12-14-32-16-18)23-9-10-24(31)28(23)13-11-17-1-7-21(30)8-2-17/h1-8,12,14-16,23,30H,9-11,13H2/t23-/m1/s1. The van der Waals surface area contributed by atoms with Gasteiger partial charge in [-0.15, -0.1) is 0 Å². The van der Waals surface area contributed by atoms with Crippen LogP contribution in [0.4, 0.5) is 4.39 Å². The summed E-state index contributed by atoms with van der Waals surface area (Å²) in [5.41, 5.74) is 4.31. The smallest absolute Gasteiger partial charge is 0.223 e. The molecule has 1 aliphatic rings. The number of halogens is 1. The fourth-order valence-electron chi connectivity index (χ4n) is 4.23. The Balaban J connectivity index is 1.48. The van der Waals surface area contributed by atoms with Gasteiger partial charge in [0, 0.05) is 30.3 Å². The van der Waals surface area contributed by atoms with Gasteiger partial charge in [-0.1, -0.05) is 12.1 Å². The van der Waals surface area contributed by atoms with E-state index < -0.39 is 0 Å². The highest BCUT2D eigenvalue weighted by atomic mass is 19.1. The number of nitrogens with zero attached hydrogens (tertiary/aromatic N) is 3. The van der Waals surface area contributed by atoms with E-state index in [-0.39, 0.29) is 23.5 Å². The number of phenolic OH excluding ortho intramolecular Hbond substituents is 1. The van der Waals surface area contributed by atoms with Crippen LogP contribution in [0.15, 0.2) is 77.7 Å². The van der Waals surface area contributed by atoms with E-state index >= 15 is 0 Å². The van der Waals surface area contributed by atoms with E-state index in [0.29, 0.717) is 25.8 Å². The van der Waals surface area contributed by atoms with Crippen LogP contribution < -0.4 is 0 Å². The molecule has 0 spiro atoms. The second-order valence-electron chi connectivity index (χ2n) is 7.92. The Hall–Kier alpha value is -3.87.